The van der Waals surface area contributed by atoms with Crippen molar-refractivity contribution in [2.75, 3.05) is 39.1 Å². The van der Waals surface area contributed by atoms with Crippen LogP contribution in [0.4, 0.5) is 5.69 Å². The van der Waals surface area contributed by atoms with Gasteiger partial charge in [-0.3, -0.25) is 4.79 Å². The van der Waals surface area contributed by atoms with Crippen LogP contribution in [0.3, 0.4) is 0 Å². The van der Waals surface area contributed by atoms with E-state index >= 15 is 0 Å². The molecule has 2 heterocycles. The normalized spacial score (nSPS) is 18.1. The quantitative estimate of drug-likeness (QED) is 0.715. The number of amides is 1. The summed E-state index contributed by atoms with van der Waals surface area (Å²) >= 11 is 0. The van der Waals surface area contributed by atoms with E-state index in [0.29, 0.717) is 11.3 Å². The number of benzene rings is 2. The Morgan fingerprint density at radius 1 is 1.22 bits per heavy atom. The Kier molecular flexibility index (Phi) is 6.56. The van der Waals surface area contributed by atoms with Gasteiger partial charge in [0.05, 0.1) is 12.6 Å². The van der Waals surface area contributed by atoms with Crippen molar-refractivity contribution in [1.82, 2.24) is 10.2 Å². The molecule has 3 aliphatic rings. The molecule has 0 radical (unpaired) electrons. The van der Waals surface area contributed by atoms with E-state index in [4.69, 9.17) is 4.74 Å². The number of carbonyl (C=O) groups is 1. The molecule has 0 spiro atoms. The van der Waals surface area contributed by atoms with Crippen molar-refractivity contribution in [3.05, 3.63) is 64.7 Å². The number of likely N-dealkylation sites (tertiary alicyclic amines) is 1. The molecule has 5 heteroatoms. The van der Waals surface area contributed by atoms with Gasteiger partial charge >= 0.3 is 0 Å². The highest BCUT2D eigenvalue weighted by molar-refractivity contribution is 5.97. The van der Waals surface area contributed by atoms with Gasteiger partial charge in [0.25, 0.3) is 5.91 Å². The zero-order valence-corrected chi connectivity index (χ0v) is 19.6. The molecule has 1 saturated carbocycles. The van der Waals surface area contributed by atoms with Gasteiger partial charge in [0.15, 0.2) is 0 Å². The summed E-state index contributed by atoms with van der Waals surface area (Å²) in [7, 11) is 3.76. The number of hydrogen-bond acceptors (Lipinski definition) is 4. The van der Waals surface area contributed by atoms with E-state index in [-0.39, 0.29) is 11.4 Å². The van der Waals surface area contributed by atoms with Gasteiger partial charge in [-0.2, -0.15) is 0 Å². The number of rotatable bonds is 5. The topological polar surface area (TPSA) is 53.6 Å². The predicted molar refractivity (Wildman–Crippen MR) is 132 cm³/mol. The molecule has 5 nitrogen and oxygen atoms in total. The van der Waals surface area contributed by atoms with Crippen LogP contribution in [0.15, 0.2) is 36.9 Å². The molecule has 5 rings (SSSR count). The molecule has 2 aliphatic heterocycles. The van der Waals surface area contributed by atoms with Gasteiger partial charge in [-0.05, 0) is 106 Å². The number of nitrogens with one attached hydrogen (secondary N) is 2. The average Bonchev–Trinajstić information content (AvgIpc) is 3.57. The van der Waals surface area contributed by atoms with Gasteiger partial charge in [-0.1, -0.05) is 18.7 Å². The van der Waals surface area contributed by atoms with Crippen LogP contribution in [0.1, 0.15) is 58.3 Å². The second kappa shape index (κ2) is 9.37. The average molecular weight is 434 g/mol. The molecule has 2 aromatic rings. The zero-order chi connectivity index (χ0) is 22.7. The van der Waals surface area contributed by atoms with Crippen molar-refractivity contribution in [1.29, 1.82) is 0 Å². The fraction of sp³-hybridized carbons (Fsp3) is 0.444. The molecule has 32 heavy (non-hydrogen) atoms. The highest BCUT2D eigenvalue weighted by atomic mass is 16.5. The van der Waals surface area contributed by atoms with Gasteiger partial charge in [0, 0.05) is 17.8 Å². The van der Waals surface area contributed by atoms with Crippen molar-refractivity contribution in [2.24, 2.45) is 0 Å². The largest absolute Gasteiger partial charge is 0.497 e. The number of hydrogen-bond donors (Lipinski definition) is 2. The predicted octanol–water partition coefficient (Wildman–Crippen LogP) is 4.75. The van der Waals surface area contributed by atoms with Crippen LogP contribution in [-0.4, -0.2) is 44.6 Å². The third kappa shape index (κ3) is 4.68. The monoisotopic (exact) mass is 433 g/mol. The first-order valence-electron chi connectivity index (χ1n) is 11.7. The van der Waals surface area contributed by atoms with Crippen molar-refractivity contribution < 1.29 is 9.53 Å². The van der Waals surface area contributed by atoms with E-state index in [2.05, 4.69) is 41.3 Å². The van der Waals surface area contributed by atoms with E-state index in [1.165, 1.54) is 36.3 Å². The Morgan fingerprint density at radius 3 is 2.56 bits per heavy atom. The number of aryl methyl sites for hydroxylation is 1. The third-order valence-electron chi connectivity index (χ3n) is 6.81. The van der Waals surface area contributed by atoms with E-state index in [1.807, 2.05) is 31.2 Å². The molecule has 2 aromatic carbocycles. The number of ether oxygens (including phenoxy) is 1. The van der Waals surface area contributed by atoms with Crippen LogP contribution in [0.5, 0.6) is 5.75 Å². The molecule has 0 aromatic heterocycles. The Labute approximate surface area is 191 Å². The van der Waals surface area contributed by atoms with Crippen molar-refractivity contribution in [3.63, 3.8) is 0 Å². The second-order valence-corrected chi connectivity index (χ2v) is 9.20. The summed E-state index contributed by atoms with van der Waals surface area (Å²) in [6.07, 6.45) is 7.39. The summed E-state index contributed by atoms with van der Waals surface area (Å²) < 4.78 is 5.30. The minimum atomic E-state index is -0.269. The van der Waals surface area contributed by atoms with Gasteiger partial charge in [0.2, 0.25) is 0 Å². The van der Waals surface area contributed by atoms with Crippen molar-refractivity contribution in [2.45, 2.75) is 44.6 Å². The summed E-state index contributed by atoms with van der Waals surface area (Å²) in [5, 5.41) is 6.85. The molecule has 170 valence electrons. The summed E-state index contributed by atoms with van der Waals surface area (Å²) in [6.45, 7) is 9.52. The molecule has 2 N–H and O–H groups in total. The second-order valence-electron chi connectivity index (χ2n) is 9.20. The maximum Gasteiger partial charge on any atom is 0.252 e. The van der Waals surface area contributed by atoms with Crippen LogP contribution < -0.4 is 15.4 Å². The summed E-state index contributed by atoms with van der Waals surface area (Å²) in [5.74, 6) is 0.663. The maximum absolute atomic E-state index is 13.1. The van der Waals surface area contributed by atoms with Gasteiger partial charge in [-0.25, -0.2) is 0 Å². The van der Waals surface area contributed by atoms with Crippen LogP contribution in [0.2, 0.25) is 0 Å². The number of fused-ring (bicyclic) bond motifs is 1. The molecule has 1 saturated heterocycles. The van der Waals surface area contributed by atoms with Crippen LogP contribution >= 0.6 is 0 Å². The molecule has 2 fully saturated rings. The third-order valence-corrected chi connectivity index (χ3v) is 6.81. The molecule has 0 atom stereocenters. The smallest absolute Gasteiger partial charge is 0.252 e. The maximum atomic E-state index is 13.1. The molecule has 1 amide bonds. The highest BCUT2D eigenvalue weighted by Gasteiger charge is 2.47. The van der Waals surface area contributed by atoms with Crippen LogP contribution in [-0.2, 0) is 12.0 Å². The first-order valence-corrected chi connectivity index (χ1v) is 11.7. The number of carbonyl (C=O) groups excluding carboxylic acids is 1. The van der Waals surface area contributed by atoms with Gasteiger partial charge < -0.3 is 20.3 Å². The Bertz CT molecular complexity index is 1010. The fourth-order valence-corrected chi connectivity index (χ4v) is 4.47. The minimum Gasteiger partial charge on any atom is -0.497 e. The Hall–Kier alpha value is -2.79. The van der Waals surface area contributed by atoms with E-state index in [0.717, 1.165) is 43.4 Å². The lowest BCUT2D eigenvalue weighted by Crippen LogP contribution is -2.36. The highest BCUT2D eigenvalue weighted by Crippen LogP contribution is 2.49. The SMILES string of the molecule is C=Cc1cc2c(c(C3(NC(=O)c4cc(OC)ccc4C)CC3)c1)CCCN2.CN1CCC1. The van der Waals surface area contributed by atoms with E-state index in [9.17, 15) is 4.79 Å². The lowest BCUT2D eigenvalue weighted by molar-refractivity contribution is 0.0929. The molecule has 0 unspecified atom stereocenters. The van der Waals surface area contributed by atoms with Crippen LogP contribution in [0.25, 0.3) is 6.08 Å². The summed E-state index contributed by atoms with van der Waals surface area (Å²) in [5.41, 5.74) is 6.22. The fourth-order valence-electron chi connectivity index (χ4n) is 4.47. The molecular formula is C27H35N3O2. The zero-order valence-electron chi connectivity index (χ0n) is 19.6. The first kappa shape index (κ1) is 22.4. The van der Waals surface area contributed by atoms with Crippen molar-refractivity contribution in [3.8, 4) is 5.75 Å². The molecular weight excluding hydrogens is 398 g/mol. The minimum absolute atomic E-state index is 0.0366. The standard InChI is InChI=1S/C23H26N2O2.C4H9N/c1-4-16-12-20(18-6-5-11-24-21(18)13-16)23(9-10-23)25-22(26)19-14-17(27-3)8-7-15(19)2;1-5-3-2-4-5/h4,7-8,12-14,24H,1,5-6,9-11H2,2-3H3,(H,25,26);2-4H2,1H3. The van der Waals surface area contributed by atoms with Crippen LogP contribution in [0, 0.1) is 6.92 Å². The lowest BCUT2D eigenvalue weighted by atomic mass is 9.89. The Morgan fingerprint density at radius 2 is 1.97 bits per heavy atom. The first-order chi connectivity index (χ1) is 15.5. The number of methoxy groups -OCH3 is 1. The number of anilines is 1. The van der Waals surface area contributed by atoms with Gasteiger partial charge in [-0.15, -0.1) is 0 Å². The molecule has 1 aliphatic carbocycles. The lowest BCUT2D eigenvalue weighted by Gasteiger charge is -2.27. The van der Waals surface area contributed by atoms with Gasteiger partial charge in [0.1, 0.15) is 5.75 Å². The molecule has 0 bridgehead atoms. The summed E-state index contributed by atoms with van der Waals surface area (Å²) in [4.78, 5) is 15.4. The van der Waals surface area contributed by atoms with Crippen molar-refractivity contribution >= 4 is 17.7 Å². The van der Waals surface area contributed by atoms with E-state index < -0.39 is 0 Å². The van der Waals surface area contributed by atoms with E-state index in [1.54, 1.807) is 7.11 Å². The number of nitrogens with zero attached hydrogens (tertiary/aromatic N) is 1. The summed E-state index contributed by atoms with van der Waals surface area (Å²) in [6, 6.07) is 9.99. The Balaban J connectivity index is 0.000000433.